The second-order valence-corrected chi connectivity index (χ2v) is 4.47. The van der Waals surface area contributed by atoms with Crippen molar-refractivity contribution in [1.82, 2.24) is 12.3 Å². The number of nitro groups is 1. The third kappa shape index (κ3) is 6.38. The Morgan fingerprint density at radius 3 is 2.20 bits per heavy atom. The quantitative estimate of drug-likeness (QED) is 0.252. The van der Waals surface area contributed by atoms with Crippen LogP contribution in [-0.4, -0.2) is 40.0 Å². The molecule has 0 saturated heterocycles. The Kier molecular flexibility index (Phi) is 9.36. The number of anilines is 1. The lowest BCUT2D eigenvalue weighted by Crippen LogP contribution is -2.46. The highest BCUT2D eigenvalue weighted by Gasteiger charge is 2.22. The van der Waals surface area contributed by atoms with Gasteiger partial charge in [-0.3, -0.25) is 10.1 Å². The molecule has 0 bridgehead atoms. The number of hydrogen-bond acceptors (Lipinski definition) is 9. The highest BCUT2D eigenvalue weighted by molar-refractivity contribution is 5.92. The van der Waals surface area contributed by atoms with E-state index in [9.17, 15) is 34.7 Å². The van der Waals surface area contributed by atoms with Crippen LogP contribution in [0.3, 0.4) is 0 Å². The molecule has 25 heavy (non-hydrogen) atoms. The topological polar surface area (TPSA) is 272 Å². The molecule has 0 aliphatic heterocycles. The molecular weight excluding hydrogens is 342 g/mol. The van der Waals surface area contributed by atoms with Crippen LogP contribution in [-0.2, 0) is 9.59 Å². The average Bonchev–Trinajstić information content (AvgIpc) is 2.45. The Balaban J connectivity index is 0. The maximum atomic E-state index is 11.1. The van der Waals surface area contributed by atoms with E-state index in [0.717, 1.165) is 18.2 Å². The lowest BCUT2D eigenvalue weighted by Gasteiger charge is -2.20. The first-order valence-corrected chi connectivity index (χ1v) is 6.09. The average molecular weight is 361 g/mol. The van der Waals surface area contributed by atoms with Crippen LogP contribution in [0.2, 0.25) is 0 Å². The molecule has 0 radical (unpaired) electrons. The summed E-state index contributed by atoms with van der Waals surface area (Å²) in [7, 11) is 0. The minimum absolute atomic E-state index is 0. The van der Waals surface area contributed by atoms with E-state index < -0.39 is 52.6 Å². The number of rotatable bonds is 8. The van der Waals surface area contributed by atoms with Crippen molar-refractivity contribution in [2.45, 2.75) is 18.5 Å². The van der Waals surface area contributed by atoms with Crippen LogP contribution < -0.4 is 33.6 Å². The number of carboxylic acid groups (broad SMARTS) is 3. The molecule has 0 aliphatic rings. The molecule has 1 aromatic carbocycles. The number of nitrogens with zero attached hydrogens (tertiary/aromatic N) is 1. The number of nitrogens with two attached hydrogens (primary N) is 1. The Morgan fingerprint density at radius 1 is 1.24 bits per heavy atom. The van der Waals surface area contributed by atoms with E-state index in [4.69, 9.17) is 10.8 Å². The lowest BCUT2D eigenvalue weighted by atomic mass is 10.1. The predicted octanol–water partition coefficient (Wildman–Crippen LogP) is -1.96. The Labute approximate surface area is 140 Å². The van der Waals surface area contributed by atoms with Crippen LogP contribution >= 0.6 is 0 Å². The van der Waals surface area contributed by atoms with Gasteiger partial charge in [-0.1, -0.05) is 0 Å². The SMILES string of the molecule is N[C@@H](CC(Nc1ccc([N+](=O)[O-])c(C(=O)[O-])c1)C(=O)O)C(=O)[O-].[NH4+].[NH4+]. The summed E-state index contributed by atoms with van der Waals surface area (Å²) in [4.78, 5) is 42.3. The van der Waals surface area contributed by atoms with Gasteiger partial charge in [0.25, 0.3) is 5.69 Å². The number of carbonyl (C=O) groups is 3. The number of aromatic carboxylic acids is 1. The highest BCUT2D eigenvalue weighted by atomic mass is 16.6. The zero-order valence-electron chi connectivity index (χ0n) is 13.4. The smallest absolute Gasteiger partial charge is 0.326 e. The lowest BCUT2D eigenvalue weighted by molar-refractivity contribution is -0.385. The monoisotopic (exact) mass is 361 g/mol. The van der Waals surface area contributed by atoms with Gasteiger partial charge in [0.05, 0.1) is 22.4 Å². The molecule has 0 fully saturated rings. The molecule has 0 aromatic heterocycles. The number of hydrogen-bond donors (Lipinski definition) is 5. The van der Waals surface area contributed by atoms with E-state index in [1.54, 1.807) is 0 Å². The summed E-state index contributed by atoms with van der Waals surface area (Å²) in [5.41, 5.74) is 3.62. The summed E-state index contributed by atoms with van der Waals surface area (Å²) in [5.74, 6) is -4.93. The maximum Gasteiger partial charge on any atom is 0.326 e. The molecule has 13 nitrogen and oxygen atoms in total. The number of nitro benzene ring substituents is 1. The van der Waals surface area contributed by atoms with Crippen LogP contribution in [0.4, 0.5) is 11.4 Å². The molecule has 140 valence electrons. The molecule has 12 N–H and O–H groups in total. The van der Waals surface area contributed by atoms with Crippen molar-refractivity contribution in [2.24, 2.45) is 5.73 Å². The van der Waals surface area contributed by atoms with E-state index in [-0.39, 0.29) is 18.0 Å². The summed E-state index contributed by atoms with van der Waals surface area (Å²) in [6.45, 7) is 0. The van der Waals surface area contributed by atoms with Gasteiger partial charge < -0.3 is 48.3 Å². The normalized spacial score (nSPS) is 11.9. The predicted molar refractivity (Wildman–Crippen MR) is 82.0 cm³/mol. The van der Waals surface area contributed by atoms with Crippen molar-refractivity contribution in [3.05, 3.63) is 33.9 Å². The fourth-order valence-electron chi connectivity index (χ4n) is 1.72. The summed E-state index contributed by atoms with van der Waals surface area (Å²) in [5, 5.41) is 43.5. The van der Waals surface area contributed by atoms with Gasteiger partial charge in [-0.05, 0) is 18.6 Å². The third-order valence-electron chi connectivity index (χ3n) is 2.84. The van der Waals surface area contributed by atoms with Gasteiger partial charge in [0, 0.05) is 17.8 Å². The fraction of sp³-hybridized carbons (Fsp3) is 0.250. The van der Waals surface area contributed by atoms with Crippen molar-refractivity contribution in [2.75, 3.05) is 5.32 Å². The van der Waals surface area contributed by atoms with E-state index in [1.807, 2.05) is 0 Å². The van der Waals surface area contributed by atoms with E-state index in [0.29, 0.717) is 0 Å². The maximum absolute atomic E-state index is 11.1. The Morgan fingerprint density at radius 2 is 1.80 bits per heavy atom. The van der Waals surface area contributed by atoms with Gasteiger partial charge >= 0.3 is 5.97 Å². The molecule has 0 saturated carbocycles. The molecule has 0 amide bonds. The van der Waals surface area contributed by atoms with Crippen LogP contribution in [0.15, 0.2) is 18.2 Å². The third-order valence-corrected chi connectivity index (χ3v) is 2.84. The summed E-state index contributed by atoms with van der Waals surface area (Å²) >= 11 is 0. The zero-order valence-corrected chi connectivity index (χ0v) is 13.4. The molecule has 0 spiro atoms. The fourth-order valence-corrected chi connectivity index (χ4v) is 1.72. The van der Waals surface area contributed by atoms with Gasteiger partial charge in [0.15, 0.2) is 0 Å². The second-order valence-electron chi connectivity index (χ2n) is 4.47. The first-order chi connectivity index (χ1) is 10.6. The van der Waals surface area contributed by atoms with E-state index in [2.05, 4.69) is 5.32 Å². The molecule has 0 aliphatic carbocycles. The number of nitrogens with one attached hydrogen (secondary N) is 1. The summed E-state index contributed by atoms with van der Waals surface area (Å²) in [6, 6.07) is -0.300. The first-order valence-electron chi connectivity index (χ1n) is 6.09. The van der Waals surface area contributed by atoms with Gasteiger partial charge in [-0.15, -0.1) is 0 Å². The molecule has 0 heterocycles. The first kappa shape index (κ1) is 24.0. The van der Waals surface area contributed by atoms with Crippen molar-refractivity contribution in [1.29, 1.82) is 0 Å². The van der Waals surface area contributed by atoms with Gasteiger partial charge in [-0.2, -0.15) is 0 Å². The van der Waals surface area contributed by atoms with Crippen molar-refractivity contribution in [3.8, 4) is 0 Å². The van der Waals surface area contributed by atoms with Crippen LogP contribution in [0.5, 0.6) is 0 Å². The summed E-state index contributed by atoms with van der Waals surface area (Å²) < 4.78 is 0. The standard InChI is InChI=1S/C12H13N3O8.2H3N/c13-7(11(18)19)4-8(12(20)21)14-5-1-2-9(15(22)23)6(3-5)10(16)17;;/h1-3,7-8,14H,4,13H2,(H,16,17)(H,18,19)(H,20,21);2*1H3/t7-,8?;;/m0../s1. The highest BCUT2D eigenvalue weighted by Crippen LogP contribution is 2.23. The van der Waals surface area contributed by atoms with Crippen molar-refractivity contribution >= 4 is 29.3 Å². The molecule has 1 rings (SSSR count). The van der Waals surface area contributed by atoms with Gasteiger partial charge in [-0.25, -0.2) is 4.79 Å². The molecular formula is C12H19N5O8. The number of benzene rings is 1. The number of carbonyl (C=O) groups excluding carboxylic acids is 2. The second kappa shape index (κ2) is 9.76. The van der Waals surface area contributed by atoms with Crippen LogP contribution in [0, 0.1) is 10.1 Å². The van der Waals surface area contributed by atoms with Crippen molar-refractivity contribution < 1.29 is 34.6 Å². The molecule has 1 aromatic rings. The Hall–Kier alpha value is -3.29. The zero-order chi connectivity index (χ0) is 17.7. The van der Waals surface area contributed by atoms with Crippen molar-refractivity contribution in [3.63, 3.8) is 0 Å². The molecule has 13 heteroatoms. The Bertz CT molecular complexity index is 665. The van der Waals surface area contributed by atoms with Crippen LogP contribution in [0.25, 0.3) is 0 Å². The number of aliphatic carboxylic acids is 2. The number of quaternary nitrogens is 2. The summed E-state index contributed by atoms with van der Waals surface area (Å²) in [6.07, 6.45) is -0.546. The van der Waals surface area contributed by atoms with E-state index >= 15 is 0 Å². The van der Waals surface area contributed by atoms with Gasteiger partial charge in [0.2, 0.25) is 0 Å². The van der Waals surface area contributed by atoms with Crippen LogP contribution in [0.1, 0.15) is 16.8 Å². The number of carboxylic acids is 3. The minimum atomic E-state index is -1.82. The van der Waals surface area contributed by atoms with E-state index in [1.165, 1.54) is 0 Å². The molecule has 2 atom stereocenters. The minimum Gasteiger partial charge on any atom is -0.548 e. The largest absolute Gasteiger partial charge is 0.548 e. The van der Waals surface area contributed by atoms with Gasteiger partial charge in [0.1, 0.15) is 6.04 Å². The molecule has 1 unspecified atom stereocenters.